The summed E-state index contributed by atoms with van der Waals surface area (Å²) in [5.41, 5.74) is 0.653. The third-order valence-corrected chi connectivity index (χ3v) is 2.54. The molecule has 1 N–H and O–H groups in total. The molecular formula is C11H9ClN3O2-. The molecule has 0 spiro atoms. The first kappa shape index (κ1) is 11.6. The number of carbonyl (C=O) groups excluding carboxylic acids is 1. The zero-order valence-electron chi connectivity index (χ0n) is 8.98. The van der Waals surface area contributed by atoms with Gasteiger partial charge in [-0.25, -0.2) is 9.97 Å². The number of nitrogens with one attached hydrogen (secondary N) is 1. The fourth-order valence-corrected chi connectivity index (χ4v) is 1.58. The summed E-state index contributed by atoms with van der Waals surface area (Å²) in [6.45, 7) is 1.49. The van der Waals surface area contributed by atoms with E-state index in [4.69, 9.17) is 11.6 Å². The van der Waals surface area contributed by atoms with Crippen LogP contribution in [-0.4, -0.2) is 22.0 Å². The van der Waals surface area contributed by atoms with E-state index < -0.39 is 12.0 Å². The van der Waals surface area contributed by atoms with Gasteiger partial charge in [0.2, 0.25) is 0 Å². The van der Waals surface area contributed by atoms with Gasteiger partial charge in [0, 0.05) is 10.4 Å². The van der Waals surface area contributed by atoms with Gasteiger partial charge in [0.05, 0.1) is 17.5 Å². The second-order valence-electron chi connectivity index (χ2n) is 3.57. The predicted octanol–water partition coefficient (Wildman–Crippen LogP) is 0.833. The molecule has 0 amide bonds. The lowest BCUT2D eigenvalue weighted by Crippen LogP contribution is -2.38. The molecule has 0 aliphatic rings. The highest BCUT2D eigenvalue weighted by atomic mass is 35.5. The Hall–Kier alpha value is -1.88. The average Bonchev–Trinajstić information content (AvgIpc) is 2.28. The topological polar surface area (TPSA) is 77.9 Å². The van der Waals surface area contributed by atoms with Gasteiger partial charge < -0.3 is 15.2 Å². The van der Waals surface area contributed by atoms with Crippen molar-refractivity contribution < 1.29 is 9.90 Å². The van der Waals surface area contributed by atoms with Gasteiger partial charge in [-0.05, 0) is 25.1 Å². The number of rotatable bonds is 3. The van der Waals surface area contributed by atoms with Crippen LogP contribution >= 0.6 is 11.6 Å². The van der Waals surface area contributed by atoms with Gasteiger partial charge in [-0.1, -0.05) is 11.6 Å². The molecule has 0 radical (unpaired) electrons. The summed E-state index contributed by atoms with van der Waals surface area (Å²) in [6.07, 6.45) is 1.35. The van der Waals surface area contributed by atoms with Crippen molar-refractivity contribution in [3.8, 4) is 0 Å². The van der Waals surface area contributed by atoms with Gasteiger partial charge in [0.15, 0.2) is 0 Å². The highest BCUT2D eigenvalue weighted by Gasteiger charge is 2.08. The van der Waals surface area contributed by atoms with E-state index in [-0.39, 0.29) is 0 Å². The Kier molecular flexibility index (Phi) is 3.10. The number of aliphatic carboxylic acids is 1. The van der Waals surface area contributed by atoms with Crippen LogP contribution in [0.25, 0.3) is 10.9 Å². The standard InChI is InChI=1S/C11H10ClN3O2/c1-6(11(16)17)15-10-8-3-2-7(12)4-9(8)13-5-14-10/h2-6H,1H3,(H,16,17)(H,13,14,15)/p-1/t6-/m1/s1. The molecule has 88 valence electrons. The predicted molar refractivity (Wildman–Crippen MR) is 62.6 cm³/mol. The quantitative estimate of drug-likeness (QED) is 0.873. The second kappa shape index (κ2) is 4.55. The Balaban J connectivity index is 2.44. The molecule has 0 bridgehead atoms. The van der Waals surface area contributed by atoms with Crippen molar-refractivity contribution in [2.75, 3.05) is 5.32 Å². The first-order valence-corrected chi connectivity index (χ1v) is 5.33. The van der Waals surface area contributed by atoms with Gasteiger partial charge in [-0.2, -0.15) is 0 Å². The van der Waals surface area contributed by atoms with Crippen LogP contribution in [0.3, 0.4) is 0 Å². The van der Waals surface area contributed by atoms with Crippen LogP contribution in [0.4, 0.5) is 5.82 Å². The number of halogens is 1. The Morgan fingerprint density at radius 3 is 2.94 bits per heavy atom. The molecule has 1 heterocycles. The third-order valence-electron chi connectivity index (χ3n) is 2.31. The largest absolute Gasteiger partial charge is 0.548 e. The zero-order chi connectivity index (χ0) is 12.4. The molecule has 1 aromatic carbocycles. The number of carboxylic acid groups (broad SMARTS) is 1. The van der Waals surface area contributed by atoms with Gasteiger partial charge in [0.1, 0.15) is 12.1 Å². The molecule has 6 heteroatoms. The normalized spacial score (nSPS) is 12.4. The number of carboxylic acids is 1. The summed E-state index contributed by atoms with van der Waals surface area (Å²) in [5, 5.41) is 14.7. The lowest BCUT2D eigenvalue weighted by atomic mass is 10.2. The minimum Gasteiger partial charge on any atom is -0.548 e. The first-order valence-electron chi connectivity index (χ1n) is 4.95. The highest BCUT2D eigenvalue weighted by molar-refractivity contribution is 6.31. The van der Waals surface area contributed by atoms with Crippen molar-refractivity contribution in [3.05, 3.63) is 29.5 Å². The maximum absolute atomic E-state index is 10.7. The molecule has 0 aliphatic heterocycles. The monoisotopic (exact) mass is 250 g/mol. The fourth-order valence-electron chi connectivity index (χ4n) is 1.41. The average molecular weight is 251 g/mol. The van der Waals surface area contributed by atoms with E-state index in [9.17, 15) is 9.90 Å². The summed E-state index contributed by atoms with van der Waals surface area (Å²) < 4.78 is 0. The molecule has 0 saturated carbocycles. The van der Waals surface area contributed by atoms with Crippen LogP contribution in [0, 0.1) is 0 Å². The zero-order valence-corrected chi connectivity index (χ0v) is 9.73. The Labute approximate surface area is 102 Å². The molecule has 0 fully saturated rings. The number of fused-ring (bicyclic) bond motifs is 1. The summed E-state index contributed by atoms with van der Waals surface area (Å²) in [5.74, 6) is -0.742. The number of carbonyl (C=O) groups is 1. The molecule has 0 saturated heterocycles. The molecule has 0 unspecified atom stereocenters. The van der Waals surface area contributed by atoms with Crippen LogP contribution in [0.15, 0.2) is 24.5 Å². The molecule has 17 heavy (non-hydrogen) atoms. The summed E-state index contributed by atoms with van der Waals surface area (Å²) in [4.78, 5) is 18.7. The minimum absolute atomic E-state index is 0.448. The molecule has 1 aromatic heterocycles. The third kappa shape index (κ3) is 2.45. The van der Waals surface area contributed by atoms with Crippen LogP contribution in [0.1, 0.15) is 6.92 Å². The van der Waals surface area contributed by atoms with Crippen molar-refractivity contribution in [2.24, 2.45) is 0 Å². The minimum atomic E-state index is -1.19. The number of benzene rings is 1. The molecular weight excluding hydrogens is 242 g/mol. The summed E-state index contributed by atoms with van der Waals surface area (Å²) in [6, 6.07) is 4.29. The molecule has 2 rings (SSSR count). The van der Waals surface area contributed by atoms with Crippen molar-refractivity contribution in [1.82, 2.24) is 9.97 Å². The van der Waals surface area contributed by atoms with Crippen LogP contribution < -0.4 is 10.4 Å². The van der Waals surface area contributed by atoms with Crippen molar-refractivity contribution >= 4 is 34.3 Å². The Morgan fingerprint density at radius 2 is 2.24 bits per heavy atom. The Morgan fingerprint density at radius 1 is 1.47 bits per heavy atom. The molecule has 1 atom stereocenters. The molecule has 2 aromatic rings. The van der Waals surface area contributed by atoms with E-state index in [0.29, 0.717) is 21.7 Å². The maximum atomic E-state index is 10.7. The molecule has 0 aliphatic carbocycles. The van der Waals surface area contributed by atoms with Gasteiger partial charge in [-0.3, -0.25) is 0 Å². The fraction of sp³-hybridized carbons (Fsp3) is 0.182. The first-order chi connectivity index (χ1) is 8.08. The van der Waals surface area contributed by atoms with Gasteiger partial charge >= 0.3 is 0 Å². The molecule has 5 nitrogen and oxygen atoms in total. The number of hydrogen-bond acceptors (Lipinski definition) is 5. The van der Waals surface area contributed by atoms with E-state index in [2.05, 4.69) is 15.3 Å². The van der Waals surface area contributed by atoms with Crippen molar-refractivity contribution in [1.29, 1.82) is 0 Å². The van der Waals surface area contributed by atoms with E-state index in [1.54, 1.807) is 18.2 Å². The smallest absolute Gasteiger partial charge is 0.137 e. The Bertz CT molecular complexity index is 574. The van der Waals surface area contributed by atoms with Gasteiger partial charge in [0.25, 0.3) is 0 Å². The number of hydrogen-bond donors (Lipinski definition) is 1. The second-order valence-corrected chi connectivity index (χ2v) is 4.01. The summed E-state index contributed by atoms with van der Waals surface area (Å²) >= 11 is 5.84. The summed E-state index contributed by atoms with van der Waals surface area (Å²) in [7, 11) is 0. The van der Waals surface area contributed by atoms with Crippen LogP contribution in [0.5, 0.6) is 0 Å². The number of anilines is 1. The van der Waals surface area contributed by atoms with Crippen molar-refractivity contribution in [3.63, 3.8) is 0 Å². The lowest BCUT2D eigenvalue weighted by molar-refractivity contribution is -0.306. The van der Waals surface area contributed by atoms with E-state index in [1.807, 2.05) is 0 Å². The van der Waals surface area contributed by atoms with E-state index >= 15 is 0 Å². The van der Waals surface area contributed by atoms with Gasteiger partial charge in [-0.15, -0.1) is 0 Å². The van der Waals surface area contributed by atoms with E-state index in [1.165, 1.54) is 13.3 Å². The van der Waals surface area contributed by atoms with Crippen LogP contribution in [-0.2, 0) is 4.79 Å². The van der Waals surface area contributed by atoms with Crippen LogP contribution in [0.2, 0.25) is 5.02 Å². The van der Waals surface area contributed by atoms with Crippen molar-refractivity contribution in [2.45, 2.75) is 13.0 Å². The highest BCUT2D eigenvalue weighted by Crippen LogP contribution is 2.22. The lowest BCUT2D eigenvalue weighted by Gasteiger charge is -2.16. The SMILES string of the molecule is C[C@@H](Nc1ncnc2cc(Cl)ccc12)C(=O)[O-]. The van der Waals surface area contributed by atoms with E-state index in [0.717, 1.165) is 0 Å². The number of nitrogens with zero attached hydrogens (tertiary/aromatic N) is 2. The number of aromatic nitrogens is 2. The maximum Gasteiger partial charge on any atom is 0.137 e.